The van der Waals surface area contributed by atoms with Gasteiger partial charge in [-0.3, -0.25) is 4.79 Å². The van der Waals surface area contributed by atoms with Gasteiger partial charge in [0, 0.05) is 30.0 Å². The Hall–Kier alpha value is -1.51. The molecule has 92 valence electrons. The van der Waals surface area contributed by atoms with Crippen molar-refractivity contribution in [2.24, 2.45) is 5.92 Å². The number of benzene rings is 1. The maximum atomic E-state index is 11.5. The van der Waals surface area contributed by atoms with Gasteiger partial charge in [-0.15, -0.1) is 0 Å². The molecule has 1 aliphatic rings. The Balaban J connectivity index is 2.26. The monoisotopic (exact) mass is 232 g/mol. The van der Waals surface area contributed by atoms with Gasteiger partial charge >= 0.3 is 0 Å². The summed E-state index contributed by atoms with van der Waals surface area (Å²) in [4.78, 5) is 13.8. The van der Waals surface area contributed by atoms with E-state index in [2.05, 4.69) is 11.8 Å². The van der Waals surface area contributed by atoms with Gasteiger partial charge in [-0.1, -0.05) is 6.92 Å². The zero-order valence-electron chi connectivity index (χ0n) is 10.6. The second-order valence-electron chi connectivity index (χ2n) is 5.02. The van der Waals surface area contributed by atoms with Gasteiger partial charge in [0.25, 0.3) is 0 Å². The molecule has 0 saturated carbocycles. The number of nitrogen functional groups attached to an aromatic ring is 1. The van der Waals surface area contributed by atoms with Crippen molar-refractivity contribution in [3.8, 4) is 0 Å². The molecule has 1 aliphatic heterocycles. The van der Waals surface area contributed by atoms with E-state index in [9.17, 15) is 4.79 Å². The normalized spacial score (nSPS) is 20.4. The van der Waals surface area contributed by atoms with E-state index in [0.29, 0.717) is 11.3 Å². The summed E-state index contributed by atoms with van der Waals surface area (Å²) in [5.41, 5.74) is 8.14. The standard InChI is InChI=1S/C14H20N2O/c1-10-4-3-7-16(9-10)12-5-6-14(15)13(8-12)11(2)17/h5-6,8,10H,3-4,7,9,15H2,1-2H3/t10-/m1/s1. The summed E-state index contributed by atoms with van der Waals surface area (Å²) in [6, 6.07) is 5.78. The average molecular weight is 232 g/mol. The fourth-order valence-electron chi connectivity index (χ4n) is 2.47. The predicted octanol–water partition coefficient (Wildman–Crippen LogP) is 2.71. The molecule has 0 bridgehead atoms. The van der Waals surface area contributed by atoms with Gasteiger partial charge in [0.05, 0.1) is 0 Å². The number of carbonyl (C=O) groups is 1. The summed E-state index contributed by atoms with van der Waals surface area (Å²) >= 11 is 0. The van der Waals surface area contributed by atoms with Gasteiger partial charge in [-0.05, 0) is 43.9 Å². The van der Waals surface area contributed by atoms with Crippen LogP contribution in [0.4, 0.5) is 11.4 Å². The molecule has 0 spiro atoms. The highest BCUT2D eigenvalue weighted by Gasteiger charge is 2.17. The molecular weight excluding hydrogens is 212 g/mol. The van der Waals surface area contributed by atoms with E-state index in [4.69, 9.17) is 5.73 Å². The molecule has 0 radical (unpaired) electrons. The number of carbonyl (C=O) groups excluding carboxylic acids is 1. The maximum Gasteiger partial charge on any atom is 0.161 e. The van der Waals surface area contributed by atoms with Crippen molar-refractivity contribution in [1.82, 2.24) is 0 Å². The smallest absolute Gasteiger partial charge is 0.161 e. The van der Waals surface area contributed by atoms with Crippen LogP contribution in [0.3, 0.4) is 0 Å². The van der Waals surface area contributed by atoms with Crippen LogP contribution in [0.2, 0.25) is 0 Å². The number of piperidine rings is 1. The van der Waals surface area contributed by atoms with Crippen molar-refractivity contribution in [2.75, 3.05) is 23.7 Å². The molecule has 1 saturated heterocycles. The highest BCUT2D eigenvalue weighted by atomic mass is 16.1. The van der Waals surface area contributed by atoms with Gasteiger partial charge in [-0.25, -0.2) is 0 Å². The first-order valence-electron chi connectivity index (χ1n) is 6.23. The Bertz CT molecular complexity index is 428. The van der Waals surface area contributed by atoms with Crippen molar-refractivity contribution >= 4 is 17.2 Å². The summed E-state index contributed by atoms with van der Waals surface area (Å²) in [7, 11) is 0. The first kappa shape index (κ1) is 12.0. The molecule has 0 amide bonds. The molecule has 1 heterocycles. The first-order chi connectivity index (χ1) is 8.08. The molecule has 3 nitrogen and oxygen atoms in total. The quantitative estimate of drug-likeness (QED) is 0.630. The minimum Gasteiger partial charge on any atom is -0.398 e. The fourth-order valence-corrected chi connectivity index (χ4v) is 2.47. The summed E-state index contributed by atoms with van der Waals surface area (Å²) in [5.74, 6) is 0.761. The van der Waals surface area contributed by atoms with Crippen LogP contribution in [-0.4, -0.2) is 18.9 Å². The lowest BCUT2D eigenvalue weighted by Gasteiger charge is -2.33. The van der Waals surface area contributed by atoms with Crippen molar-refractivity contribution in [2.45, 2.75) is 26.7 Å². The van der Waals surface area contributed by atoms with E-state index < -0.39 is 0 Å². The number of nitrogens with zero attached hydrogens (tertiary/aromatic N) is 1. The average Bonchev–Trinajstić information content (AvgIpc) is 2.29. The van der Waals surface area contributed by atoms with Crippen LogP contribution in [0.25, 0.3) is 0 Å². The predicted molar refractivity (Wildman–Crippen MR) is 71.5 cm³/mol. The number of hydrogen-bond donors (Lipinski definition) is 1. The lowest BCUT2D eigenvalue weighted by atomic mass is 9.99. The van der Waals surface area contributed by atoms with E-state index in [1.165, 1.54) is 12.8 Å². The molecule has 3 heteroatoms. The van der Waals surface area contributed by atoms with Crippen LogP contribution < -0.4 is 10.6 Å². The molecule has 1 aromatic carbocycles. The van der Waals surface area contributed by atoms with Gasteiger partial charge in [-0.2, -0.15) is 0 Å². The zero-order chi connectivity index (χ0) is 12.4. The maximum absolute atomic E-state index is 11.5. The van der Waals surface area contributed by atoms with Crippen LogP contribution in [-0.2, 0) is 0 Å². The summed E-state index contributed by atoms with van der Waals surface area (Å²) in [5, 5.41) is 0. The van der Waals surface area contributed by atoms with Crippen LogP contribution in [0.15, 0.2) is 18.2 Å². The summed E-state index contributed by atoms with van der Waals surface area (Å²) < 4.78 is 0. The van der Waals surface area contributed by atoms with Crippen LogP contribution >= 0.6 is 0 Å². The molecular formula is C14H20N2O. The Labute approximate surface area is 103 Å². The molecule has 2 N–H and O–H groups in total. The molecule has 0 aliphatic carbocycles. The number of nitrogens with two attached hydrogens (primary N) is 1. The third-order valence-electron chi connectivity index (χ3n) is 3.44. The number of hydrogen-bond acceptors (Lipinski definition) is 3. The van der Waals surface area contributed by atoms with E-state index in [-0.39, 0.29) is 5.78 Å². The Morgan fingerprint density at radius 3 is 2.88 bits per heavy atom. The molecule has 0 unspecified atom stereocenters. The van der Waals surface area contributed by atoms with Crippen molar-refractivity contribution in [1.29, 1.82) is 0 Å². The van der Waals surface area contributed by atoms with Crippen LogP contribution in [0.5, 0.6) is 0 Å². The number of anilines is 2. The van der Waals surface area contributed by atoms with Gasteiger partial charge < -0.3 is 10.6 Å². The summed E-state index contributed by atoms with van der Waals surface area (Å²) in [6.45, 7) is 5.98. The van der Waals surface area contributed by atoms with Crippen molar-refractivity contribution < 1.29 is 4.79 Å². The van der Waals surface area contributed by atoms with Crippen molar-refractivity contribution in [3.63, 3.8) is 0 Å². The molecule has 1 fully saturated rings. The highest BCUT2D eigenvalue weighted by molar-refractivity contribution is 6.00. The number of rotatable bonds is 2. The van der Waals surface area contributed by atoms with E-state index >= 15 is 0 Å². The lowest BCUT2D eigenvalue weighted by Crippen LogP contribution is -2.34. The second-order valence-corrected chi connectivity index (χ2v) is 5.02. The number of ketones is 1. The minimum absolute atomic E-state index is 0.0365. The molecule has 1 aromatic rings. The SMILES string of the molecule is CC(=O)c1cc(N2CCC[C@@H](C)C2)ccc1N. The second kappa shape index (κ2) is 4.78. The zero-order valence-corrected chi connectivity index (χ0v) is 10.6. The molecule has 1 atom stereocenters. The third-order valence-corrected chi connectivity index (χ3v) is 3.44. The topological polar surface area (TPSA) is 46.3 Å². The van der Waals surface area contributed by atoms with Gasteiger partial charge in [0.2, 0.25) is 0 Å². The largest absolute Gasteiger partial charge is 0.398 e. The Morgan fingerprint density at radius 1 is 1.47 bits per heavy atom. The Morgan fingerprint density at radius 2 is 2.24 bits per heavy atom. The first-order valence-corrected chi connectivity index (χ1v) is 6.23. The molecule has 0 aromatic heterocycles. The summed E-state index contributed by atoms with van der Waals surface area (Å²) in [6.07, 6.45) is 2.52. The Kier molecular flexibility index (Phi) is 3.36. The van der Waals surface area contributed by atoms with Gasteiger partial charge in [0.15, 0.2) is 5.78 Å². The van der Waals surface area contributed by atoms with E-state index in [1.54, 1.807) is 6.92 Å². The number of Topliss-reactive ketones (excluding diaryl/α,β-unsaturated/α-hetero) is 1. The van der Waals surface area contributed by atoms with Crippen LogP contribution in [0.1, 0.15) is 37.0 Å². The molecule has 17 heavy (non-hydrogen) atoms. The molecule has 2 rings (SSSR count). The fraction of sp³-hybridized carbons (Fsp3) is 0.500. The lowest BCUT2D eigenvalue weighted by molar-refractivity contribution is 0.101. The van der Waals surface area contributed by atoms with Crippen LogP contribution in [0, 0.1) is 5.92 Å². The van der Waals surface area contributed by atoms with Crippen molar-refractivity contribution in [3.05, 3.63) is 23.8 Å². The van der Waals surface area contributed by atoms with E-state index in [1.807, 2.05) is 18.2 Å². The van der Waals surface area contributed by atoms with E-state index in [0.717, 1.165) is 24.7 Å². The highest BCUT2D eigenvalue weighted by Crippen LogP contribution is 2.26. The minimum atomic E-state index is 0.0365. The van der Waals surface area contributed by atoms with Gasteiger partial charge in [0.1, 0.15) is 0 Å². The third kappa shape index (κ3) is 2.60.